The number of hydrogen-bond acceptors (Lipinski definition) is 7. The highest BCUT2D eigenvalue weighted by Crippen LogP contribution is 2.35. The normalized spacial score (nSPS) is 15.3. The molecule has 1 N–H and O–H groups in total. The van der Waals surface area contributed by atoms with Crippen LogP contribution in [0.5, 0.6) is 5.75 Å². The van der Waals surface area contributed by atoms with Gasteiger partial charge in [-0.05, 0) is 57.9 Å². The lowest BCUT2D eigenvalue weighted by Gasteiger charge is -2.30. The molecular formula is C25H30N4O4. The predicted octanol–water partition coefficient (Wildman–Crippen LogP) is 5.19. The van der Waals surface area contributed by atoms with Crippen molar-refractivity contribution in [3.63, 3.8) is 0 Å². The van der Waals surface area contributed by atoms with Gasteiger partial charge >= 0.3 is 6.16 Å². The summed E-state index contributed by atoms with van der Waals surface area (Å²) >= 11 is 0. The van der Waals surface area contributed by atoms with Crippen molar-refractivity contribution in [2.24, 2.45) is 0 Å². The van der Waals surface area contributed by atoms with Crippen LogP contribution in [0.15, 0.2) is 48.8 Å². The van der Waals surface area contributed by atoms with Crippen LogP contribution >= 0.6 is 0 Å². The van der Waals surface area contributed by atoms with Gasteiger partial charge in [0.2, 0.25) is 0 Å². The van der Waals surface area contributed by atoms with Crippen molar-refractivity contribution < 1.29 is 19.1 Å². The number of carbonyl (C=O) groups is 1. The molecule has 0 spiro atoms. The van der Waals surface area contributed by atoms with Gasteiger partial charge in [0.05, 0.1) is 18.5 Å². The largest absolute Gasteiger partial charge is 0.528 e. The summed E-state index contributed by atoms with van der Waals surface area (Å²) in [5.74, 6) is 1.94. The van der Waals surface area contributed by atoms with E-state index in [1.165, 1.54) is 0 Å². The van der Waals surface area contributed by atoms with E-state index in [2.05, 4.69) is 9.97 Å². The number of methoxy groups -OCH3 is 1. The Hall–Kier alpha value is -3.39. The van der Waals surface area contributed by atoms with Crippen LogP contribution in [0.25, 0.3) is 22.5 Å². The van der Waals surface area contributed by atoms with E-state index in [0.29, 0.717) is 13.1 Å². The van der Waals surface area contributed by atoms with Crippen molar-refractivity contribution in [2.75, 3.05) is 20.2 Å². The van der Waals surface area contributed by atoms with Crippen LogP contribution in [-0.4, -0.2) is 52.0 Å². The number of nitrogens with one attached hydrogen (secondary N) is 1. The smallest absolute Gasteiger partial charge is 0.497 e. The van der Waals surface area contributed by atoms with Gasteiger partial charge in [-0.2, -0.15) is 0 Å². The van der Waals surface area contributed by atoms with Gasteiger partial charge in [-0.15, -0.1) is 5.06 Å². The number of pyridine rings is 1. The molecule has 0 radical (unpaired) electrons. The molecule has 3 aromatic rings. The van der Waals surface area contributed by atoms with Crippen molar-refractivity contribution in [2.45, 2.75) is 45.1 Å². The van der Waals surface area contributed by atoms with Crippen LogP contribution in [0, 0.1) is 0 Å². The average molecular weight is 451 g/mol. The number of ether oxygens (including phenoxy) is 2. The second-order valence-electron chi connectivity index (χ2n) is 9.07. The molecule has 1 saturated heterocycles. The Labute approximate surface area is 193 Å². The summed E-state index contributed by atoms with van der Waals surface area (Å²) in [7, 11) is 1.66. The third-order valence-electron chi connectivity index (χ3n) is 5.47. The molecule has 8 nitrogen and oxygen atoms in total. The van der Waals surface area contributed by atoms with Gasteiger partial charge < -0.3 is 19.3 Å². The monoisotopic (exact) mass is 450 g/mol. The van der Waals surface area contributed by atoms with E-state index >= 15 is 0 Å². The molecule has 1 aromatic carbocycles. The predicted molar refractivity (Wildman–Crippen MR) is 125 cm³/mol. The molecule has 1 fully saturated rings. The van der Waals surface area contributed by atoms with Crippen LogP contribution in [0.2, 0.25) is 0 Å². The first kappa shape index (κ1) is 22.8. The van der Waals surface area contributed by atoms with Crippen molar-refractivity contribution in [1.29, 1.82) is 0 Å². The highest BCUT2D eigenvalue weighted by atomic mass is 16.8. The van der Waals surface area contributed by atoms with Gasteiger partial charge in [0.15, 0.2) is 0 Å². The van der Waals surface area contributed by atoms with E-state index in [9.17, 15) is 4.79 Å². The maximum absolute atomic E-state index is 12.0. The maximum Gasteiger partial charge on any atom is 0.528 e. The first-order valence-corrected chi connectivity index (χ1v) is 11.1. The number of aromatic nitrogens is 3. The Morgan fingerprint density at radius 1 is 1.09 bits per heavy atom. The topological polar surface area (TPSA) is 89.6 Å². The fraction of sp³-hybridized carbons (Fsp3) is 0.400. The SMILES string of the molecule is COc1cccc(-c2[nH]c(C3CCN(OC(=O)OC(C)(C)C)CC3)nc2-c2ccncc2)c1. The lowest BCUT2D eigenvalue weighted by atomic mass is 9.97. The summed E-state index contributed by atoms with van der Waals surface area (Å²) < 4.78 is 10.7. The number of nitrogens with zero attached hydrogens (tertiary/aromatic N) is 3. The molecule has 1 aliphatic heterocycles. The minimum absolute atomic E-state index is 0.225. The summed E-state index contributed by atoms with van der Waals surface area (Å²) in [6.45, 7) is 6.68. The van der Waals surface area contributed by atoms with E-state index in [1.54, 1.807) is 24.6 Å². The molecular weight excluding hydrogens is 420 g/mol. The maximum atomic E-state index is 12.0. The number of rotatable bonds is 5. The molecule has 0 atom stereocenters. The first-order chi connectivity index (χ1) is 15.8. The number of hydrogen-bond donors (Lipinski definition) is 1. The number of aromatic amines is 1. The second-order valence-corrected chi connectivity index (χ2v) is 9.07. The van der Waals surface area contributed by atoms with Gasteiger partial charge in [0.1, 0.15) is 17.2 Å². The van der Waals surface area contributed by atoms with Crippen molar-refractivity contribution >= 4 is 6.16 Å². The van der Waals surface area contributed by atoms with Crippen LogP contribution in [-0.2, 0) is 9.57 Å². The molecule has 1 aliphatic rings. The first-order valence-electron chi connectivity index (χ1n) is 11.1. The van der Waals surface area contributed by atoms with Gasteiger partial charge in [-0.1, -0.05) is 12.1 Å². The molecule has 8 heteroatoms. The molecule has 0 unspecified atom stereocenters. The third-order valence-corrected chi connectivity index (χ3v) is 5.47. The number of carbonyl (C=O) groups excluding carboxylic acids is 1. The van der Waals surface area contributed by atoms with Gasteiger partial charge in [0, 0.05) is 42.5 Å². The molecule has 3 heterocycles. The Kier molecular flexibility index (Phi) is 6.65. The Morgan fingerprint density at radius 2 is 1.82 bits per heavy atom. The minimum atomic E-state index is -0.667. The lowest BCUT2D eigenvalue weighted by molar-refractivity contribution is -0.152. The summed E-state index contributed by atoms with van der Waals surface area (Å²) in [4.78, 5) is 30.0. The Balaban J connectivity index is 1.53. The molecule has 2 aromatic heterocycles. The van der Waals surface area contributed by atoms with Gasteiger partial charge in [0.25, 0.3) is 0 Å². The fourth-order valence-corrected chi connectivity index (χ4v) is 3.89. The van der Waals surface area contributed by atoms with Crippen LogP contribution in [0.3, 0.4) is 0 Å². The highest BCUT2D eigenvalue weighted by molar-refractivity contribution is 5.79. The molecule has 174 valence electrons. The molecule has 0 bridgehead atoms. The Morgan fingerprint density at radius 3 is 2.48 bits per heavy atom. The number of hydroxylamine groups is 2. The molecule has 33 heavy (non-hydrogen) atoms. The van der Waals surface area contributed by atoms with Gasteiger partial charge in [-0.25, -0.2) is 9.78 Å². The summed E-state index contributed by atoms with van der Waals surface area (Å²) in [5, 5.41) is 1.67. The summed E-state index contributed by atoms with van der Waals surface area (Å²) in [6.07, 6.45) is 4.49. The standard InChI is InChI=1S/C25H30N4O4/c1-25(2,3)32-24(30)33-29-14-10-18(11-15-29)23-27-21(17-8-12-26-13-9-17)22(28-23)19-6-5-7-20(16-19)31-4/h5-9,12-13,16,18H,10-11,14-15H2,1-4H3,(H,27,28). The number of H-pyrrole nitrogens is 1. The van der Waals surface area contributed by atoms with E-state index in [-0.39, 0.29) is 5.92 Å². The lowest BCUT2D eigenvalue weighted by Crippen LogP contribution is -2.37. The molecule has 4 rings (SSSR count). The minimum Gasteiger partial charge on any atom is -0.497 e. The van der Waals surface area contributed by atoms with Crippen LogP contribution in [0.4, 0.5) is 4.79 Å². The molecule has 0 aliphatic carbocycles. The van der Waals surface area contributed by atoms with Crippen molar-refractivity contribution in [1.82, 2.24) is 20.0 Å². The van der Waals surface area contributed by atoms with Gasteiger partial charge in [-0.3, -0.25) is 4.98 Å². The molecule has 0 saturated carbocycles. The van der Waals surface area contributed by atoms with Crippen LogP contribution < -0.4 is 4.74 Å². The second kappa shape index (κ2) is 9.62. The quantitative estimate of drug-likeness (QED) is 0.535. The zero-order valence-electron chi connectivity index (χ0n) is 19.5. The van der Waals surface area contributed by atoms with E-state index in [4.69, 9.17) is 19.3 Å². The molecule has 0 amide bonds. The number of benzene rings is 1. The van der Waals surface area contributed by atoms with E-state index in [1.807, 2.05) is 57.2 Å². The van der Waals surface area contributed by atoms with E-state index < -0.39 is 11.8 Å². The fourth-order valence-electron chi connectivity index (χ4n) is 3.89. The van der Waals surface area contributed by atoms with Crippen LogP contribution in [0.1, 0.15) is 45.4 Å². The average Bonchev–Trinajstić information content (AvgIpc) is 3.24. The van der Waals surface area contributed by atoms with Crippen molar-refractivity contribution in [3.05, 3.63) is 54.6 Å². The van der Waals surface area contributed by atoms with E-state index in [0.717, 1.165) is 46.9 Å². The number of imidazole rings is 1. The Bertz CT molecular complexity index is 1080. The number of piperidine rings is 1. The van der Waals surface area contributed by atoms with Crippen molar-refractivity contribution in [3.8, 4) is 28.3 Å². The summed E-state index contributed by atoms with van der Waals surface area (Å²) in [6, 6.07) is 11.9. The summed E-state index contributed by atoms with van der Waals surface area (Å²) in [5.41, 5.74) is 3.25. The third kappa shape index (κ3) is 5.70. The zero-order valence-corrected chi connectivity index (χ0v) is 19.5. The highest BCUT2D eigenvalue weighted by Gasteiger charge is 2.28. The zero-order chi connectivity index (χ0) is 23.4.